The molecule has 0 bridgehead atoms. The number of sulfonamides is 1. The maximum Gasteiger partial charge on any atom is 0.244 e. The van der Waals surface area contributed by atoms with Crippen molar-refractivity contribution in [2.75, 3.05) is 13.1 Å². The SMILES string of the molecule is CC1CN(S(=O)(=O)c2cccnc2CN)CCC1O. The highest BCUT2D eigenvalue weighted by Crippen LogP contribution is 2.24. The summed E-state index contributed by atoms with van der Waals surface area (Å²) in [7, 11) is -3.58. The molecule has 1 aliphatic heterocycles. The Kier molecular flexibility index (Phi) is 4.19. The first-order valence-corrected chi connectivity index (χ1v) is 7.73. The Bertz CT molecular complexity index is 547. The van der Waals surface area contributed by atoms with E-state index in [1.54, 1.807) is 6.07 Å². The molecule has 2 rings (SSSR count). The van der Waals surface area contributed by atoms with Crippen LogP contribution >= 0.6 is 0 Å². The van der Waals surface area contributed by atoms with E-state index in [4.69, 9.17) is 5.73 Å². The minimum absolute atomic E-state index is 0.0680. The summed E-state index contributed by atoms with van der Waals surface area (Å²) >= 11 is 0. The monoisotopic (exact) mass is 285 g/mol. The van der Waals surface area contributed by atoms with Crippen LogP contribution in [0.25, 0.3) is 0 Å². The fourth-order valence-electron chi connectivity index (χ4n) is 2.26. The van der Waals surface area contributed by atoms with Gasteiger partial charge in [0.2, 0.25) is 10.0 Å². The molecule has 1 saturated heterocycles. The maximum atomic E-state index is 12.6. The Morgan fingerprint density at radius 2 is 2.32 bits per heavy atom. The molecule has 1 aromatic rings. The van der Waals surface area contributed by atoms with Crippen molar-refractivity contribution in [1.29, 1.82) is 0 Å². The molecule has 0 amide bonds. The van der Waals surface area contributed by atoms with E-state index in [-0.39, 0.29) is 17.4 Å². The highest BCUT2D eigenvalue weighted by atomic mass is 32.2. The molecule has 2 atom stereocenters. The average molecular weight is 285 g/mol. The zero-order valence-corrected chi connectivity index (χ0v) is 11.7. The molecule has 1 fully saturated rings. The van der Waals surface area contributed by atoms with E-state index in [9.17, 15) is 13.5 Å². The van der Waals surface area contributed by atoms with Gasteiger partial charge in [-0.05, 0) is 24.5 Å². The molecule has 0 spiro atoms. The molecule has 106 valence electrons. The lowest BCUT2D eigenvalue weighted by Crippen LogP contribution is -2.45. The molecule has 19 heavy (non-hydrogen) atoms. The maximum absolute atomic E-state index is 12.6. The van der Waals surface area contributed by atoms with Gasteiger partial charge in [-0.15, -0.1) is 0 Å². The van der Waals surface area contributed by atoms with Crippen molar-refractivity contribution < 1.29 is 13.5 Å². The van der Waals surface area contributed by atoms with Crippen molar-refractivity contribution in [3.05, 3.63) is 24.0 Å². The fourth-order valence-corrected chi connectivity index (χ4v) is 4.00. The molecule has 0 aliphatic carbocycles. The third-order valence-corrected chi connectivity index (χ3v) is 5.42. The smallest absolute Gasteiger partial charge is 0.244 e. The van der Waals surface area contributed by atoms with Gasteiger partial charge < -0.3 is 10.8 Å². The van der Waals surface area contributed by atoms with Gasteiger partial charge in [-0.1, -0.05) is 6.92 Å². The molecule has 3 N–H and O–H groups in total. The van der Waals surface area contributed by atoms with Crippen LogP contribution in [0.2, 0.25) is 0 Å². The van der Waals surface area contributed by atoms with Crippen LogP contribution in [0, 0.1) is 5.92 Å². The highest BCUT2D eigenvalue weighted by molar-refractivity contribution is 7.89. The minimum Gasteiger partial charge on any atom is -0.393 e. The number of pyridine rings is 1. The van der Waals surface area contributed by atoms with Crippen molar-refractivity contribution in [1.82, 2.24) is 9.29 Å². The molecule has 1 aliphatic rings. The van der Waals surface area contributed by atoms with Crippen LogP contribution < -0.4 is 5.73 Å². The van der Waals surface area contributed by atoms with E-state index in [2.05, 4.69) is 4.98 Å². The fraction of sp³-hybridized carbons (Fsp3) is 0.583. The Balaban J connectivity index is 2.32. The normalized spacial score (nSPS) is 25.4. The van der Waals surface area contributed by atoms with E-state index in [1.807, 2.05) is 6.92 Å². The lowest BCUT2D eigenvalue weighted by atomic mass is 9.99. The van der Waals surface area contributed by atoms with Gasteiger partial charge >= 0.3 is 0 Å². The standard InChI is InChI=1S/C12H19N3O3S/c1-9-8-15(6-4-11(9)16)19(17,18)12-3-2-5-14-10(12)7-13/h2-3,5,9,11,16H,4,6-8,13H2,1H3. The van der Waals surface area contributed by atoms with Crippen LogP contribution in [0.5, 0.6) is 0 Å². The van der Waals surface area contributed by atoms with Gasteiger partial charge in [0.25, 0.3) is 0 Å². The zero-order chi connectivity index (χ0) is 14.0. The van der Waals surface area contributed by atoms with Crippen molar-refractivity contribution in [2.24, 2.45) is 11.7 Å². The van der Waals surface area contributed by atoms with Gasteiger partial charge in [0.05, 0.1) is 11.8 Å². The van der Waals surface area contributed by atoms with Crippen molar-refractivity contribution in [3.8, 4) is 0 Å². The molecular formula is C12H19N3O3S. The number of aliphatic hydroxyl groups excluding tert-OH is 1. The summed E-state index contributed by atoms with van der Waals surface area (Å²) in [6.07, 6.45) is 1.55. The van der Waals surface area contributed by atoms with Gasteiger partial charge in [-0.2, -0.15) is 4.31 Å². The quantitative estimate of drug-likeness (QED) is 0.810. The molecule has 1 aromatic heterocycles. The summed E-state index contributed by atoms with van der Waals surface area (Å²) in [4.78, 5) is 4.18. The molecule has 2 unspecified atom stereocenters. The second kappa shape index (κ2) is 5.54. The van der Waals surface area contributed by atoms with Crippen molar-refractivity contribution in [2.45, 2.75) is 30.9 Å². The third-order valence-electron chi connectivity index (χ3n) is 3.48. The van der Waals surface area contributed by atoms with Crippen LogP contribution in [0.3, 0.4) is 0 Å². The predicted molar refractivity (Wildman–Crippen MR) is 70.7 cm³/mol. The lowest BCUT2D eigenvalue weighted by molar-refractivity contribution is 0.0628. The summed E-state index contributed by atoms with van der Waals surface area (Å²) in [5.41, 5.74) is 5.92. The van der Waals surface area contributed by atoms with Crippen molar-refractivity contribution in [3.63, 3.8) is 0 Å². The summed E-state index contributed by atoms with van der Waals surface area (Å²) in [6.45, 7) is 2.58. The number of nitrogens with two attached hydrogens (primary N) is 1. The van der Waals surface area contributed by atoms with E-state index in [1.165, 1.54) is 16.6 Å². The number of hydrogen-bond acceptors (Lipinski definition) is 5. The van der Waals surface area contributed by atoms with E-state index >= 15 is 0 Å². The number of hydrogen-bond donors (Lipinski definition) is 2. The molecule has 2 heterocycles. The van der Waals surface area contributed by atoms with Crippen LogP contribution in [-0.2, 0) is 16.6 Å². The molecular weight excluding hydrogens is 266 g/mol. The zero-order valence-electron chi connectivity index (χ0n) is 10.9. The highest BCUT2D eigenvalue weighted by Gasteiger charge is 2.33. The number of piperidine rings is 1. The largest absolute Gasteiger partial charge is 0.393 e. The van der Waals surface area contributed by atoms with Gasteiger partial charge in [0.1, 0.15) is 4.90 Å². The van der Waals surface area contributed by atoms with E-state index < -0.39 is 16.1 Å². The van der Waals surface area contributed by atoms with Crippen LogP contribution in [0.15, 0.2) is 23.2 Å². The summed E-state index contributed by atoms with van der Waals surface area (Å²) in [5.74, 6) is -0.0680. The molecule has 0 radical (unpaired) electrons. The number of nitrogens with zero attached hydrogens (tertiary/aromatic N) is 2. The minimum atomic E-state index is -3.58. The lowest BCUT2D eigenvalue weighted by Gasteiger charge is -2.33. The topological polar surface area (TPSA) is 96.5 Å². The first kappa shape index (κ1) is 14.4. The predicted octanol–water partition coefficient (Wildman–Crippen LogP) is -0.0683. The Morgan fingerprint density at radius 1 is 1.58 bits per heavy atom. The molecule has 0 aromatic carbocycles. The number of aromatic nitrogens is 1. The average Bonchev–Trinajstić information content (AvgIpc) is 2.41. The summed E-state index contributed by atoms with van der Waals surface area (Å²) < 4.78 is 26.5. The van der Waals surface area contributed by atoms with Gasteiger partial charge in [-0.3, -0.25) is 4.98 Å². The Labute approximate surface area is 113 Å². The van der Waals surface area contributed by atoms with Crippen molar-refractivity contribution >= 4 is 10.0 Å². The Morgan fingerprint density at radius 3 is 2.95 bits per heavy atom. The van der Waals surface area contributed by atoms with Gasteiger partial charge in [0, 0.05) is 25.8 Å². The summed E-state index contributed by atoms with van der Waals surface area (Å²) in [6, 6.07) is 3.12. The second-order valence-corrected chi connectivity index (χ2v) is 6.76. The van der Waals surface area contributed by atoms with E-state index in [0.717, 1.165) is 0 Å². The Hall–Kier alpha value is -1.02. The first-order valence-electron chi connectivity index (χ1n) is 6.29. The van der Waals surface area contributed by atoms with Gasteiger partial charge in [0.15, 0.2) is 0 Å². The summed E-state index contributed by atoms with van der Waals surface area (Å²) in [5, 5.41) is 9.68. The molecule has 0 saturated carbocycles. The molecule has 6 nitrogen and oxygen atoms in total. The third kappa shape index (κ3) is 2.79. The number of rotatable bonds is 3. The second-order valence-electron chi connectivity index (χ2n) is 4.85. The number of aliphatic hydroxyl groups is 1. The van der Waals surface area contributed by atoms with Crippen LogP contribution in [-0.4, -0.2) is 42.0 Å². The van der Waals surface area contributed by atoms with Gasteiger partial charge in [-0.25, -0.2) is 8.42 Å². The van der Waals surface area contributed by atoms with E-state index in [0.29, 0.717) is 25.2 Å². The van der Waals surface area contributed by atoms with Crippen LogP contribution in [0.1, 0.15) is 19.0 Å². The van der Waals surface area contributed by atoms with Crippen LogP contribution in [0.4, 0.5) is 0 Å². The first-order chi connectivity index (χ1) is 8.96. The molecule has 7 heteroatoms.